The zero-order valence-corrected chi connectivity index (χ0v) is 14.1. The summed E-state index contributed by atoms with van der Waals surface area (Å²) in [6.07, 6.45) is 3.18. The van der Waals surface area contributed by atoms with Crippen molar-refractivity contribution in [3.63, 3.8) is 0 Å². The fraction of sp³-hybridized carbons (Fsp3) is 0.375. The maximum Gasteiger partial charge on any atom is 0.149 e. The number of benzene rings is 1. The van der Waals surface area contributed by atoms with Gasteiger partial charge in [-0.1, -0.05) is 41.4 Å². The number of anilines is 1. The standard InChI is InChI=1S/C16H18Cl2N4O/c17-13-4-2-1-3-12(13)14(22-5-7-23-8-6-22)9-20-16-11-19-10-15(18)21-16/h1-4,10-11,14H,5-9H2,(H,20,21)/t14-/m1/s1. The average molecular weight is 353 g/mol. The van der Waals surface area contributed by atoms with Gasteiger partial charge in [-0.05, 0) is 11.6 Å². The number of aromatic nitrogens is 2. The predicted molar refractivity (Wildman–Crippen MR) is 92.1 cm³/mol. The van der Waals surface area contributed by atoms with Gasteiger partial charge in [-0.15, -0.1) is 0 Å². The Hall–Kier alpha value is -1.40. The normalized spacial score (nSPS) is 17.0. The van der Waals surface area contributed by atoms with Crippen LogP contribution in [-0.2, 0) is 4.74 Å². The summed E-state index contributed by atoms with van der Waals surface area (Å²) in [6, 6.07) is 8.07. The molecule has 0 bridgehead atoms. The molecule has 1 N–H and O–H groups in total. The van der Waals surface area contributed by atoms with Gasteiger partial charge in [0.15, 0.2) is 0 Å². The van der Waals surface area contributed by atoms with Gasteiger partial charge in [0.25, 0.3) is 0 Å². The van der Waals surface area contributed by atoms with Crippen LogP contribution in [0.4, 0.5) is 5.82 Å². The second-order valence-electron chi connectivity index (χ2n) is 5.29. The molecule has 5 nitrogen and oxygen atoms in total. The first-order valence-electron chi connectivity index (χ1n) is 7.51. The molecule has 1 aromatic heterocycles. The number of nitrogens with one attached hydrogen (secondary N) is 1. The molecule has 1 saturated heterocycles. The molecule has 1 aliphatic rings. The van der Waals surface area contributed by atoms with Crippen LogP contribution in [0.3, 0.4) is 0 Å². The Kier molecular flexibility index (Phi) is 5.67. The molecule has 2 heterocycles. The van der Waals surface area contributed by atoms with Gasteiger partial charge in [0.05, 0.1) is 31.6 Å². The topological polar surface area (TPSA) is 50.3 Å². The maximum atomic E-state index is 6.41. The van der Waals surface area contributed by atoms with E-state index in [0.717, 1.165) is 36.9 Å². The van der Waals surface area contributed by atoms with Crippen molar-refractivity contribution in [1.82, 2.24) is 14.9 Å². The molecule has 7 heteroatoms. The average Bonchev–Trinajstić information content (AvgIpc) is 2.58. The van der Waals surface area contributed by atoms with Gasteiger partial charge in [0.1, 0.15) is 11.0 Å². The Morgan fingerprint density at radius 1 is 1.17 bits per heavy atom. The first-order valence-corrected chi connectivity index (χ1v) is 8.27. The molecule has 122 valence electrons. The van der Waals surface area contributed by atoms with Crippen molar-refractivity contribution >= 4 is 29.0 Å². The number of rotatable bonds is 5. The summed E-state index contributed by atoms with van der Waals surface area (Å²) in [4.78, 5) is 10.6. The van der Waals surface area contributed by atoms with Crippen LogP contribution in [0.5, 0.6) is 0 Å². The lowest BCUT2D eigenvalue weighted by molar-refractivity contribution is 0.0187. The van der Waals surface area contributed by atoms with E-state index >= 15 is 0 Å². The monoisotopic (exact) mass is 352 g/mol. The van der Waals surface area contributed by atoms with Crippen molar-refractivity contribution in [2.45, 2.75) is 6.04 Å². The van der Waals surface area contributed by atoms with Gasteiger partial charge in [-0.2, -0.15) is 0 Å². The molecular formula is C16H18Cl2N4O. The number of halogens is 2. The highest BCUT2D eigenvalue weighted by Crippen LogP contribution is 2.28. The molecule has 1 aliphatic heterocycles. The molecule has 0 spiro atoms. The van der Waals surface area contributed by atoms with Crippen LogP contribution in [0.15, 0.2) is 36.7 Å². The zero-order chi connectivity index (χ0) is 16.1. The third-order valence-corrected chi connectivity index (χ3v) is 4.36. The van der Waals surface area contributed by atoms with Gasteiger partial charge >= 0.3 is 0 Å². The fourth-order valence-corrected chi connectivity index (χ4v) is 3.11. The number of hydrogen-bond donors (Lipinski definition) is 1. The highest BCUT2D eigenvalue weighted by molar-refractivity contribution is 6.31. The van der Waals surface area contributed by atoms with Crippen molar-refractivity contribution in [1.29, 1.82) is 0 Å². The molecule has 0 saturated carbocycles. The van der Waals surface area contributed by atoms with Crippen LogP contribution >= 0.6 is 23.2 Å². The lowest BCUT2D eigenvalue weighted by Crippen LogP contribution is -2.41. The van der Waals surface area contributed by atoms with Crippen LogP contribution in [0.1, 0.15) is 11.6 Å². The second kappa shape index (κ2) is 7.93. The Bertz CT molecular complexity index is 649. The Morgan fingerprint density at radius 3 is 2.70 bits per heavy atom. The SMILES string of the molecule is Clc1cncc(NC[C@H](c2ccccc2Cl)N2CCOCC2)n1. The van der Waals surface area contributed by atoms with Gasteiger partial charge < -0.3 is 10.1 Å². The van der Waals surface area contributed by atoms with Crippen molar-refractivity contribution in [2.75, 3.05) is 38.2 Å². The van der Waals surface area contributed by atoms with E-state index in [4.69, 9.17) is 27.9 Å². The molecule has 0 radical (unpaired) electrons. The van der Waals surface area contributed by atoms with Crippen LogP contribution in [0.2, 0.25) is 10.2 Å². The van der Waals surface area contributed by atoms with E-state index in [1.165, 1.54) is 6.20 Å². The molecule has 1 atom stereocenters. The molecule has 2 aromatic rings. The summed E-state index contributed by atoms with van der Waals surface area (Å²) in [5.41, 5.74) is 1.10. The first-order chi connectivity index (χ1) is 11.2. The summed E-state index contributed by atoms with van der Waals surface area (Å²) in [6.45, 7) is 3.88. The molecule has 0 unspecified atom stereocenters. The summed E-state index contributed by atoms with van der Waals surface area (Å²) < 4.78 is 5.46. The van der Waals surface area contributed by atoms with Gasteiger partial charge in [0.2, 0.25) is 0 Å². The molecule has 3 rings (SSSR count). The minimum atomic E-state index is 0.133. The summed E-state index contributed by atoms with van der Waals surface area (Å²) in [7, 11) is 0. The summed E-state index contributed by atoms with van der Waals surface area (Å²) >= 11 is 12.3. The third-order valence-electron chi connectivity index (χ3n) is 3.83. The van der Waals surface area contributed by atoms with Gasteiger partial charge in [-0.3, -0.25) is 9.88 Å². The molecule has 0 amide bonds. The van der Waals surface area contributed by atoms with E-state index in [-0.39, 0.29) is 6.04 Å². The summed E-state index contributed by atoms with van der Waals surface area (Å²) in [5, 5.41) is 4.45. The Labute approximate surface area is 145 Å². The van der Waals surface area contributed by atoms with Crippen molar-refractivity contribution < 1.29 is 4.74 Å². The van der Waals surface area contributed by atoms with E-state index < -0.39 is 0 Å². The molecule has 1 aromatic carbocycles. The fourth-order valence-electron chi connectivity index (χ4n) is 2.70. The molecule has 1 fully saturated rings. The maximum absolute atomic E-state index is 6.41. The van der Waals surface area contributed by atoms with Crippen LogP contribution in [0.25, 0.3) is 0 Å². The second-order valence-corrected chi connectivity index (χ2v) is 6.09. The number of hydrogen-bond acceptors (Lipinski definition) is 5. The largest absolute Gasteiger partial charge is 0.379 e. The number of ether oxygens (including phenoxy) is 1. The lowest BCUT2D eigenvalue weighted by atomic mass is 10.0. The van der Waals surface area contributed by atoms with Crippen molar-refractivity contribution in [2.24, 2.45) is 0 Å². The van der Waals surface area contributed by atoms with Crippen LogP contribution in [-0.4, -0.2) is 47.7 Å². The Morgan fingerprint density at radius 2 is 1.96 bits per heavy atom. The van der Waals surface area contributed by atoms with E-state index in [2.05, 4.69) is 26.3 Å². The molecule has 23 heavy (non-hydrogen) atoms. The Balaban J connectivity index is 1.79. The zero-order valence-electron chi connectivity index (χ0n) is 12.6. The number of morpholine rings is 1. The molecule has 0 aliphatic carbocycles. The van der Waals surface area contributed by atoms with E-state index in [9.17, 15) is 0 Å². The summed E-state index contributed by atoms with van der Waals surface area (Å²) in [5.74, 6) is 0.655. The highest BCUT2D eigenvalue weighted by atomic mass is 35.5. The first kappa shape index (κ1) is 16.5. The lowest BCUT2D eigenvalue weighted by Gasteiger charge is -2.35. The third kappa shape index (κ3) is 4.32. The smallest absolute Gasteiger partial charge is 0.149 e. The van der Waals surface area contributed by atoms with Gasteiger partial charge in [-0.25, -0.2) is 4.98 Å². The van der Waals surface area contributed by atoms with E-state index in [1.807, 2.05) is 18.2 Å². The quantitative estimate of drug-likeness (QED) is 0.894. The molecular weight excluding hydrogens is 335 g/mol. The van der Waals surface area contributed by atoms with Gasteiger partial charge in [0, 0.05) is 24.7 Å². The number of nitrogens with zero attached hydrogens (tertiary/aromatic N) is 3. The van der Waals surface area contributed by atoms with Crippen molar-refractivity contribution in [3.05, 3.63) is 52.4 Å². The van der Waals surface area contributed by atoms with Crippen LogP contribution in [0, 0.1) is 0 Å². The predicted octanol–water partition coefficient (Wildman–Crippen LogP) is 3.27. The van der Waals surface area contributed by atoms with E-state index in [1.54, 1.807) is 6.20 Å². The minimum absolute atomic E-state index is 0.133. The van der Waals surface area contributed by atoms with E-state index in [0.29, 0.717) is 17.5 Å². The minimum Gasteiger partial charge on any atom is -0.379 e. The van der Waals surface area contributed by atoms with Crippen molar-refractivity contribution in [3.8, 4) is 0 Å². The highest BCUT2D eigenvalue weighted by Gasteiger charge is 2.24. The van der Waals surface area contributed by atoms with Crippen LogP contribution < -0.4 is 5.32 Å².